The van der Waals surface area contributed by atoms with E-state index in [-0.39, 0.29) is 11.6 Å². The Morgan fingerprint density at radius 1 is 0.690 bits per heavy atom. The van der Waals surface area contributed by atoms with Crippen molar-refractivity contribution in [3.63, 3.8) is 0 Å². The predicted molar refractivity (Wildman–Crippen MR) is 123 cm³/mol. The largest absolute Gasteiger partial charge is 0.465 e. The molecule has 0 aliphatic rings. The molecule has 3 aromatic rings. The van der Waals surface area contributed by atoms with Crippen molar-refractivity contribution in [2.45, 2.75) is 13.8 Å². The van der Waals surface area contributed by atoms with Gasteiger partial charge in [0.2, 0.25) is 0 Å². The molecule has 29 heavy (non-hydrogen) atoms. The Morgan fingerprint density at radius 3 is 1.38 bits per heavy atom. The predicted octanol–water partition coefficient (Wildman–Crippen LogP) is 7.21. The summed E-state index contributed by atoms with van der Waals surface area (Å²) in [6, 6.07) is 15.2. The fourth-order valence-corrected chi connectivity index (χ4v) is 3.46. The van der Waals surface area contributed by atoms with Gasteiger partial charge in [0.25, 0.3) is 0 Å². The number of hydrogen-bond donors (Lipinski definition) is 0. The number of hydrogen-bond acceptors (Lipinski definition) is 3. The van der Waals surface area contributed by atoms with Gasteiger partial charge in [-0.05, 0) is 61.4 Å². The Hall–Kier alpha value is -2.50. The Morgan fingerprint density at radius 2 is 1.03 bits per heavy atom. The number of furan rings is 1. The van der Waals surface area contributed by atoms with E-state index in [1.165, 1.54) is 12.2 Å². The highest BCUT2D eigenvalue weighted by Crippen LogP contribution is 2.25. The first kappa shape index (κ1) is 21.2. The van der Waals surface area contributed by atoms with Crippen molar-refractivity contribution < 1.29 is 14.0 Å². The van der Waals surface area contributed by atoms with Crippen molar-refractivity contribution in [2.24, 2.45) is 0 Å². The second-order valence-electron chi connectivity index (χ2n) is 6.46. The molecule has 0 spiro atoms. The summed E-state index contributed by atoms with van der Waals surface area (Å²) in [5.74, 6) is 0.354. The molecule has 0 saturated carbocycles. The molecule has 1 aromatic heterocycles. The van der Waals surface area contributed by atoms with Crippen molar-refractivity contribution in [2.75, 3.05) is 0 Å². The lowest BCUT2D eigenvalue weighted by molar-refractivity contribution is 0.101. The molecule has 0 bridgehead atoms. The van der Waals surface area contributed by atoms with Crippen molar-refractivity contribution >= 4 is 55.6 Å². The summed E-state index contributed by atoms with van der Waals surface area (Å²) in [5.41, 5.74) is 2.40. The van der Waals surface area contributed by atoms with Crippen molar-refractivity contribution in [3.8, 4) is 0 Å². The summed E-state index contributed by atoms with van der Waals surface area (Å²) in [5, 5.41) is 0. The summed E-state index contributed by atoms with van der Waals surface area (Å²) in [4.78, 5) is 25.6. The lowest BCUT2D eigenvalue weighted by Crippen LogP contribution is -2.05. The number of aryl methyl sites for hydroxylation is 2. The summed E-state index contributed by atoms with van der Waals surface area (Å²) in [6.45, 7) is 3.39. The molecular weight excluding hydrogens is 496 g/mol. The Bertz CT molecular complexity index is 1010. The van der Waals surface area contributed by atoms with Crippen LogP contribution in [0.2, 0.25) is 0 Å². The smallest absolute Gasteiger partial charge is 0.190 e. The maximum absolute atomic E-state index is 12.8. The van der Waals surface area contributed by atoms with Crippen LogP contribution in [0.15, 0.2) is 74.0 Å². The summed E-state index contributed by atoms with van der Waals surface area (Å²) in [7, 11) is 0. The highest BCUT2D eigenvalue weighted by atomic mass is 79.9. The minimum atomic E-state index is -0.261. The molecule has 0 N–H and O–H groups in total. The van der Waals surface area contributed by atoms with Gasteiger partial charge in [0, 0.05) is 8.95 Å². The van der Waals surface area contributed by atoms with Gasteiger partial charge in [-0.2, -0.15) is 0 Å². The fourth-order valence-electron chi connectivity index (χ4n) is 2.94. The molecule has 3 rings (SSSR count). The summed E-state index contributed by atoms with van der Waals surface area (Å²) < 4.78 is 7.53. The van der Waals surface area contributed by atoms with Gasteiger partial charge >= 0.3 is 0 Å². The third-order valence-electron chi connectivity index (χ3n) is 4.35. The number of rotatable bonds is 6. The van der Waals surface area contributed by atoms with Gasteiger partial charge < -0.3 is 4.42 Å². The van der Waals surface area contributed by atoms with E-state index >= 15 is 0 Å². The monoisotopic (exact) mass is 512 g/mol. The minimum Gasteiger partial charge on any atom is -0.465 e. The third kappa shape index (κ3) is 5.31. The molecule has 0 aliphatic heterocycles. The van der Waals surface area contributed by atoms with Crippen LogP contribution in [0.1, 0.15) is 43.4 Å². The lowest BCUT2D eigenvalue weighted by Gasteiger charge is -1.99. The van der Waals surface area contributed by atoms with Crippen LogP contribution in [0.3, 0.4) is 0 Å². The highest BCUT2D eigenvalue weighted by Gasteiger charge is 2.23. The number of benzene rings is 2. The summed E-state index contributed by atoms with van der Waals surface area (Å²) >= 11 is 6.77. The maximum atomic E-state index is 12.8. The molecule has 3 nitrogen and oxygen atoms in total. The highest BCUT2D eigenvalue weighted by molar-refractivity contribution is 9.10. The van der Waals surface area contributed by atoms with Crippen LogP contribution in [0.25, 0.3) is 12.2 Å². The SMILES string of the molecule is Cc1oc(C)c(C(=O)C=Cc2ccc(Br)cc2)c1C(=O)C=Cc1ccc(Br)cc1. The molecule has 0 unspecified atom stereocenters. The van der Waals surface area contributed by atoms with E-state index in [1.54, 1.807) is 26.0 Å². The Balaban J connectivity index is 1.86. The molecule has 5 heteroatoms. The molecule has 1 heterocycles. The normalized spacial score (nSPS) is 11.4. The average Bonchev–Trinajstić information content (AvgIpc) is 3.00. The molecule has 146 valence electrons. The molecule has 2 aromatic carbocycles. The van der Waals surface area contributed by atoms with Crippen LogP contribution in [0, 0.1) is 13.8 Å². The van der Waals surface area contributed by atoms with Crippen LogP contribution in [0.4, 0.5) is 0 Å². The average molecular weight is 514 g/mol. The standard InChI is InChI=1S/C24H18Br2O3/c1-15-23(21(27)13-7-17-3-9-19(25)10-4-17)24(16(2)29-15)22(28)14-8-18-5-11-20(26)12-6-18/h3-14H,1-2H3. The van der Waals surface area contributed by atoms with Gasteiger partial charge in [0.05, 0.1) is 11.1 Å². The van der Waals surface area contributed by atoms with Gasteiger partial charge in [-0.3, -0.25) is 9.59 Å². The maximum Gasteiger partial charge on any atom is 0.190 e. The van der Waals surface area contributed by atoms with Gasteiger partial charge in [-0.15, -0.1) is 0 Å². The van der Waals surface area contributed by atoms with E-state index in [0.717, 1.165) is 20.1 Å². The van der Waals surface area contributed by atoms with E-state index in [4.69, 9.17) is 4.42 Å². The van der Waals surface area contributed by atoms with Crippen LogP contribution in [-0.2, 0) is 0 Å². The molecule has 0 saturated heterocycles. The number of allylic oxidation sites excluding steroid dienone is 2. The molecular formula is C24H18Br2O3. The van der Waals surface area contributed by atoms with E-state index in [0.29, 0.717) is 22.6 Å². The molecule has 0 radical (unpaired) electrons. The first-order valence-corrected chi connectivity index (χ1v) is 10.5. The quantitative estimate of drug-likeness (QED) is 0.258. The van der Waals surface area contributed by atoms with Crippen LogP contribution in [-0.4, -0.2) is 11.6 Å². The van der Waals surface area contributed by atoms with Gasteiger partial charge in [0.15, 0.2) is 11.6 Å². The number of carbonyl (C=O) groups is 2. The molecule has 0 fully saturated rings. The van der Waals surface area contributed by atoms with Gasteiger partial charge in [-0.1, -0.05) is 68.3 Å². The topological polar surface area (TPSA) is 47.3 Å². The van der Waals surface area contributed by atoms with Crippen molar-refractivity contribution in [3.05, 3.63) is 103 Å². The Labute approximate surface area is 186 Å². The summed E-state index contributed by atoms with van der Waals surface area (Å²) in [6.07, 6.45) is 6.39. The van der Waals surface area contributed by atoms with Crippen molar-refractivity contribution in [1.29, 1.82) is 0 Å². The second kappa shape index (κ2) is 9.33. The first-order valence-electron chi connectivity index (χ1n) is 8.91. The van der Waals surface area contributed by atoms with E-state index in [2.05, 4.69) is 31.9 Å². The molecule has 0 aliphatic carbocycles. The number of halogens is 2. The molecule has 0 atom stereocenters. The number of carbonyl (C=O) groups excluding carboxylic acids is 2. The fraction of sp³-hybridized carbons (Fsp3) is 0.0833. The second-order valence-corrected chi connectivity index (χ2v) is 8.29. The third-order valence-corrected chi connectivity index (χ3v) is 5.40. The zero-order valence-electron chi connectivity index (χ0n) is 15.9. The van der Waals surface area contributed by atoms with E-state index in [9.17, 15) is 9.59 Å². The van der Waals surface area contributed by atoms with Gasteiger partial charge in [-0.25, -0.2) is 0 Å². The molecule has 0 amide bonds. The number of ketones is 2. The van der Waals surface area contributed by atoms with Gasteiger partial charge in [0.1, 0.15) is 11.5 Å². The Kier molecular flexibility index (Phi) is 6.83. The van der Waals surface area contributed by atoms with E-state index < -0.39 is 0 Å². The van der Waals surface area contributed by atoms with E-state index in [1.807, 2.05) is 48.5 Å². The zero-order chi connectivity index (χ0) is 21.0. The minimum absolute atomic E-state index is 0.261. The first-order chi connectivity index (χ1) is 13.8. The zero-order valence-corrected chi connectivity index (χ0v) is 19.1. The van der Waals surface area contributed by atoms with Crippen molar-refractivity contribution in [1.82, 2.24) is 0 Å². The van der Waals surface area contributed by atoms with Crippen LogP contribution >= 0.6 is 31.9 Å². The van der Waals surface area contributed by atoms with Crippen LogP contribution in [0.5, 0.6) is 0 Å². The lowest BCUT2D eigenvalue weighted by atomic mass is 9.99. The van der Waals surface area contributed by atoms with Crippen LogP contribution < -0.4 is 0 Å².